The van der Waals surface area contributed by atoms with Crippen LogP contribution in [0.25, 0.3) is 0 Å². The van der Waals surface area contributed by atoms with Gasteiger partial charge in [-0.2, -0.15) is 4.90 Å². The van der Waals surface area contributed by atoms with Crippen LogP contribution in [0.5, 0.6) is 0 Å². The van der Waals surface area contributed by atoms with Gasteiger partial charge in [0.05, 0.1) is 6.54 Å². The van der Waals surface area contributed by atoms with Crippen molar-refractivity contribution < 1.29 is 4.70 Å². The predicted octanol–water partition coefficient (Wildman–Crippen LogP) is -1.91. The molecule has 1 rings (SSSR count). The van der Waals surface area contributed by atoms with Gasteiger partial charge in [0.15, 0.2) is 6.20 Å². The summed E-state index contributed by atoms with van der Waals surface area (Å²) in [6, 6.07) is 0. The highest BCUT2D eigenvalue weighted by Gasteiger charge is 2.06. The summed E-state index contributed by atoms with van der Waals surface area (Å²) in [4.78, 5) is 5.72. The smallest absolute Gasteiger partial charge is 0.255 e. The Kier molecular flexibility index (Phi) is 3.56. The Morgan fingerprint density at radius 1 is 1.67 bits per heavy atom. The van der Waals surface area contributed by atoms with Crippen LogP contribution >= 0.6 is 0 Å². The van der Waals surface area contributed by atoms with Gasteiger partial charge in [-0.1, -0.05) is 6.92 Å². The molecule has 0 aromatic carbocycles. The fourth-order valence-electron chi connectivity index (χ4n) is 0.620. The molecule has 0 aromatic rings. The minimum Gasteiger partial charge on any atom is -1.00 e. The van der Waals surface area contributed by atoms with Crippen molar-refractivity contribution in [1.29, 1.82) is 0 Å². The molecule has 0 aromatic heterocycles. The first-order valence-electron chi connectivity index (χ1n) is 2.82. The van der Waals surface area contributed by atoms with Crippen molar-refractivity contribution in [1.82, 2.24) is 4.90 Å². The standard InChI is InChI=1S/C6H9N2.FH/c1-2-4-8-5-3-7-6-8;/h3,5H,2,4H2,1H3;1H/q+1;/p-1. The van der Waals surface area contributed by atoms with Crippen LogP contribution in [0.3, 0.4) is 0 Å². The van der Waals surface area contributed by atoms with Crippen LogP contribution in [-0.4, -0.2) is 17.8 Å². The summed E-state index contributed by atoms with van der Waals surface area (Å²) in [6.45, 7) is 3.16. The fraction of sp³-hybridized carbons (Fsp3) is 0.500. The highest BCUT2D eigenvalue weighted by molar-refractivity contribution is 5.59. The van der Waals surface area contributed by atoms with Gasteiger partial charge in [-0.15, -0.1) is 0 Å². The molecular formula is C6H9FN2. The molecule has 0 N–H and O–H groups in total. The molecule has 0 atom stereocenters. The van der Waals surface area contributed by atoms with Crippen molar-refractivity contribution >= 4 is 6.34 Å². The van der Waals surface area contributed by atoms with E-state index >= 15 is 0 Å². The molecule has 0 fully saturated rings. The Balaban J connectivity index is 0.000000640. The fourth-order valence-corrected chi connectivity index (χ4v) is 0.620. The van der Waals surface area contributed by atoms with Gasteiger partial charge < -0.3 is 4.70 Å². The zero-order chi connectivity index (χ0) is 5.82. The molecule has 0 aliphatic carbocycles. The van der Waals surface area contributed by atoms with Crippen molar-refractivity contribution in [3.63, 3.8) is 0 Å². The highest BCUT2D eigenvalue weighted by Crippen LogP contribution is 1.94. The van der Waals surface area contributed by atoms with Gasteiger partial charge >= 0.3 is 0 Å². The van der Waals surface area contributed by atoms with E-state index in [-0.39, 0.29) is 4.70 Å². The zero-order valence-electron chi connectivity index (χ0n) is 5.34. The predicted molar refractivity (Wildman–Crippen MR) is 33.6 cm³/mol. The van der Waals surface area contributed by atoms with E-state index in [2.05, 4.69) is 18.3 Å². The molecule has 0 radical (unpaired) electrons. The normalized spacial score (nSPS) is 13.2. The quantitative estimate of drug-likeness (QED) is 0.396. The third-order valence-electron chi connectivity index (χ3n) is 0.972. The summed E-state index contributed by atoms with van der Waals surface area (Å²) in [7, 11) is 0. The summed E-state index contributed by atoms with van der Waals surface area (Å²) in [5, 5.41) is 0. The largest absolute Gasteiger partial charge is 1.00 e. The number of hydrogen-bond donors (Lipinski definition) is 0. The molecule has 0 bridgehead atoms. The lowest BCUT2D eigenvalue weighted by molar-refractivity contribution is -0.00000174. The minimum absolute atomic E-state index is 0. The molecule has 1 heterocycles. The second-order valence-electron chi connectivity index (χ2n) is 1.72. The van der Waals surface area contributed by atoms with Crippen LogP contribution in [-0.2, 0) is 0 Å². The average Bonchev–Trinajstić information content (AvgIpc) is 2.19. The maximum Gasteiger partial charge on any atom is 0.255 e. The van der Waals surface area contributed by atoms with Crippen molar-refractivity contribution in [2.24, 2.45) is 4.99 Å². The first-order chi connectivity index (χ1) is 3.93. The van der Waals surface area contributed by atoms with Crippen molar-refractivity contribution in [3.05, 3.63) is 12.4 Å². The van der Waals surface area contributed by atoms with Gasteiger partial charge in [0.1, 0.15) is 0 Å². The van der Waals surface area contributed by atoms with E-state index in [1.165, 1.54) is 0 Å². The molecule has 9 heavy (non-hydrogen) atoms. The summed E-state index contributed by atoms with van der Waals surface area (Å²) >= 11 is 0. The maximum atomic E-state index is 3.78. The molecule has 0 spiro atoms. The average molecular weight is 128 g/mol. The van der Waals surface area contributed by atoms with Gasteiger partial charge in [-0.05, 0) is 11.4 Å². The molecule has 0 saturated carbocycles. The van der Waals surface area contributed by atoms with E-state index in [1.807, 2.05) is 11.1 Å². The lowest BCUT2D eigenvalue weighted by atomic mass is 10.5. The number of halogens is 1. The summed E-state index contributed by atoms with van der Waals surface area (Å²) in [5.74, 6) is 0. The van der Waals surface area contributed by atoms with Crippen LogP contribution in [0.1, 0.15) is 13.3 Å². The molecule has 1 aliphatic rings. The van der Waals surface area contributed by atoms with E-state index in [4.69, 9.17) is 0 Å². The molecule has 0 saturated heterocycles. The van der Waals surface area contributed by atoms with E-state index in [9.17, 15) is 0 Å². The van der Waals surface area contributed by atoms with Crippen LogP contribution in [0.2, 0.25) is 0 Å². The maximum absolute atomic E-state index is 3.78. The van der Waals surface area contributed by atoms with E-state index in [1.54, 1.807) is 6.20 Å². The van der Waals surface area contributed by atoms with Gasteiger partial charge in [0.25, 0.3) is 6.34 Å². The number of aliphatic imine (C=N–C) groups is 1. The van der Waals surface area contributed by atoms with Gasteiger partial charge in [-0.25, -0.2) is 0 Å². The molecule has 50 valence electrons. The number of nitrogens with zero attached hydrogens (tertiary/aromatic N) is 2. The van der Waals surface area contributed by atoms with E-state index < -0.39 is 0 Å². The lowest BCUT2D eigenvalue weighted by Crippen LogP contribution is -3.00. The van der Waals surface area contributed by atoms with Crippen LogP contribution in [0.4, 0.5) is 0 Å². The second-order valence-corrected chi connectivity index (χ2v) is 1.72. The lowest BCUT2D eigenvalue weighted by Gasteiger charge is -1.95. The summed E-state index contributed by atoms with van der Waals surface area (Å²) < 4.78 is 0. The number of hydrogen-bond acceptors (Lipinski definition) is 2. The first-order valence-corrected chi connectivity index (χ1v) is 2.82. The van der Waals surface area contributed by atoms with Gasteiger partial charge in [-0.3, -0.25) is 0 Å². The second kappa shape index (κ2) is 3.98. The Bertz CT molecular complexity index is 108. The third-order valence-corrected chi connectivity index (χ3v) is 0.972. The highest BCUT2D eigenvalue weighted by atomic mass is 19.0. The molecule has 1 aliphatic heterocycles. The summed E-state index contributed by atoms with van der Waals surface area (Å²) in [6.07, 6.45) is 7.62. The van der Waals surface area contributed by atoms with Crippen molar-refractivity contribution in [3.8, 4) is 0 Å². The summed E-state index contributed by atoms with van der Waals surface area (Å²) in [5.41, 5.74) is 0. The minimum atomic E-state index is 0. The molecular weight excluding hydrogens is 119 g/mol. The van der Waals surface area contributed by atoms with E-state index in [0.29, 0.717) is 0 Å². The zero-order valence-corrected chi connectivity index (χ0v) is 5.34. The Morgan fingerprint density at radius 2 is 2.44 bits per heavy atom. The Hall–Kier alpha value is -0.950. The SMILES string of the molecule is CCCN1[C+]=NC=C1.[F-]. The molecule has 0 amide bonds. The monoisotopic (exact) mass is 128 g/mol. The Morgan fingerprint density at radius 3 is 2.89 bits per heavy atom. The molecule has 3 heteroatoms. The van der Waals surface area contributed by atoms with Crippen LogP contribution < -0.4 is 4.70 Å². The van der Waals surface area contributed by atoms with Gasteiger partial charge in [0.2, 0.25) is 6.20 Å². The van der Waals surface area contributed by atoms with Gasteiger partial charge in [0, 0.05) is 0 Å². The van der Waals surface area contributed by atoms with Crippen LogP contribution in [0.15, 0.2) is 17.4 Å². The molecule has 0 unspecified atom stereocenters. The van der Waals surface area contributed by atoms with Crippen LogP contribution in [0, 0.1) is 0 Å². The molecule has 2 nitrogen and oxygen atoms in total. The van der Waals surface area contributed by atoms with Crippen molar-refractivity contribution in [2.75, 3.05) is 6.54 Å². The van der Waals surface area contributed by atoms with E-state index in [0.717, 1.165) is 13.0 Å². The number of rotatable bonds is 2. The Labute approximate surface area is 54.3 Å². The third kappa shape index (κ3) is 2.20. The van der Waals surface area contributed by atoms with Crippen molar-refractivity contribution in [2.45, 2.75) is 13.3 Å². The first kappa shape index (κ1) is 8.05. The topological polar surface area (TPSA) is 15.6 Å².